The van der Waals surface area contributed by atoms with Gasteiger partial charge in [0, 0.05) is 44.9 Å². The fourth-order valence-electron chi connectivity index (χ4n) is 5.01. The monoisotopic (exact) mass is 614 g/mol. The molecule has 2 heterocycles. The second-order valence-corrected chi connectivity index (χ2v) is 11.9. The molecular weight excluding hydrogens is 576 g/mol. The summed E-state index contributed by atoms with van der Waals surface area (Å²) in [5.41, 5.74) is 1.96. The van der Waals surface area contributed by atoms with E-state index < -0.39 is 0 Å². The van der Waals surface area contributed by atoms with Crippen molar-refractivity contribution >= 4 is 46.3 Å². The SMILES string of the molecule is CC(=O)Nc1ccc(Oc2ccc(C=C3SC(=O)N(c4cccc(OCCCCCN5CCN(C)CC5)c4)C3=O)cc2)cc1. The number of rotatable bonds is 12. The Hall–Kier alpha value is -4.12. The van der Waals surface area contributed by atoms with E-state index in [1.54, 1.807) is 60.7 Å². The molecule has 3 aromatic carbocycles. The molecule has 0 radical (unpaired) electrons. The number of hydrogen-bond donors (Lipinski definition) is 1. The Balaban J connectivity index is 1.11. The Bertz CT molecular complexity index is 1480. The largest absolute Gasteiger partial charge is 0.494 e. The highest BCUT2D eigenvalue weighted by atomic mass is 32.2. The highest BCUT2D eigenvalue weighted by Gasteiger charge is 2.36. The Morgan fingerprint density at radius 1 is 0.886 bits per heavy atom. The van der Waals surface area contributed by atoms with Crippen LogP contribution in [0.25, 0.3) is 6.08 Å². The Labute approximate surface area is 262 Å². The lowest BCUT2D eigenvalue weighted by Crippen LogP contribution is -2.44. The summed E-state index contributed by atoms with van der Waals surface area (Å²) >= 11 is 0.918. The van der Waals surface area contributed by atoms with Gasteiger partial charge in [0.1, 0.15) is 17.2 Å². The number of anilines is 2. The van der Waals surface area contributed by atoms with Crippen molar-refractivity contribution in [3.8, 4) is 17.2 Å². The van der Waals surface area contributed by atoms with Gasteiger partial charge in [0.05, 0.1) is 17.2 Å². The van der Waals surface area contributed by atoms with Gasteiger partial charge in [-0.3, -0.25) is 14.4 Å². The summed E-state index contributed by atoms with van der Waals surface area (Å²) in [7, 11) is 2.17. The second-order valence-electron chi connectivity index (χ2n) is 10.9. The third-order valence-electron chi connectivity index (χ3n) is 7.44. The summed E-state index contributed by atoms with van der Waals surface area (Å²) < 4.78 is 11.8. The molecule has 0 aromatic heterocycles. The minimum absolute atomic E-state index is 0.136. The number of hydrogen-bond acceptors (Lipinski definition) is 8. The number of imide groups is 1. The molecule has 2 aliphatic rings. The van der Waals surface area contributed by atoms with E-state index in [0.29, 0.717) is 40.1 Å². The molecule has 0 aliphatic carbocycles. The first kappa shape index (κ1) is 31.3. The molecule has 0 atom stereocenters. The third-order valence-corrected chi connectivity index (χ3v) is 8.31. The molecule has 0 unspecified atom stereocenters. The van der Waals surface area contributed by atoms with Gasteiger partial charge in [-0.1, -0.05) is 18.2 Å². The first-order chi connectivity index (χ1) is 21.3. The van der Waals surface area contributed by atoms with Gasteiger partial charge in [-0.05, 0) is 105 Å². The summed E-state index contributed by atoms with van der Waals surface area (Å²) in [6.45, 7) is 7.74. The van der Waals surface area contributed by atoms with Gasteiger partial charge in [0.2, 0.25) is 5.91 Å². The van der Waals surface area contributed by atoms with Gasteiger partial charge in [-0.25, -0.2) is 4.90 Å². The van der Waals surface area contributed by atoms with Crippen LogP contribution in [-0.2, 0) is 9.59 Å². The highest BCUT2D eigenvalue weighted by Crippen LogP contribution is 2.37. The number of unbranched alkanes of at least 4 members (excludes halogenated alkanes) is 2. The van der Waals surface area contributed by atoms with Crippen molar-refractivity contribution in [2.45, 2.75) is 26.2 Å². The summed E-state index contributed by atoms with van der Waals surface area (Å²) in [5, 5.41) is 2.38. The van der Waals surface area contributed by atoms with Crippen molar-refractivity contribution in [3.63, 3.8) is 0 Å². The molecule has 230 valence electrons. The van der Waals surface area contributed by atoms with Crippen LogP contribution >= 0.6 is 11.8 Å². The molecule has 0 bridgehead atoms. The van der Waals surface area contributed by atoms with Gasteiger partial charge in [0.25, 0.3) is 11.1 Å². The van der Waals surface area contributed by atoms with Crippen molar-refractivity contribution in [2.24, 2.45) is 0 Å². The summed E-state index contributed by atoms with van der Waals surface area (Å²) in [6.07, 6.45) is 4.91. The van der Waals surface area contributed by atoms with E-state index in [2.05, 4.69) is 22.2 Å². The lowest BCUT2D eigenvalue weighted by molar-refractivity contribution is -0.114. The number of carbonyl (C=O) groups excluding carboxylic acids is 3. The molecule has 44 heavy (non-hydrogen) atoms. The number of nitrogens with zero attached hydrogens (tertiary/aromatic N) is 3. The van der Waals surface area contributed by atoms with Gasteiger partial charge in [0.15, 0.2) is 0 Å². The lowest BCUT2D eigenvalue weighted by atomic mass is 10.2. The molecular formula is C34H38N4O5S. The molecule has 3 aromatic rings. The summed E-state index contributed by atoms with van der Waals surface area (Å²) in [5.74, 6) is 1.39. The van der Waals surface area contributed by atoms with Crippen molar-refractivity contribution in [1.29, 1.82) is 0 Å². The minimum atomic E-state index is -0.361. The van der Waals surface area contributed by atoms with Crippen LogP contribution in [0.2, 0.25) is 0 Å². The third kappa shape index (κ3) is 8.72. The average Bonchev–Trinajstić information content (AvgIpc) is 3.29. The van der Waals surface area contributed by atoms with Crippen LogP contribution < -0.4 is 19.7 Å². The number of likely N-dealkylation sites (N-methyl/N-ethyl adjacent to an activating group) is 1. The van der Waals surface area contributed by atoms with E-state index in [1.165, 1.54) is 11.8 Å². The van der Waals surface area contributed by atoms with Crippen molar-refractivity contribution < 1.29 is 23.9 Å². The number of ether oxygens (including phenoxy) is 2. The smallest absolute Gasteiger partial charge is 0.298 e. The van der Waals surface area contributed by atoms with Crippen molar-refractivity contribution in [1.82, 2.24) is 9.80 Å². The molecule has 1 N–H and O–H groups in total. The van der Waals surface area contributed by atoms with E-state index in [4.69, 9.17) is 9.47 Å². The fourth-order valence-corrected chi connectivity index (χ4v) is 5.85. The quantitative estimate of drug-likeness (QED) is 0.183. The maximum absolute atomic E-state index is 13.2. The number of thioether (sulfide) groups is 1. The van der Waals surface area contributed by atoms with Gasteiger partial charge >= 0.3 is 0 Å². The molecule has 0 spiro atoms. The average molecular weight is 615 g/mol. The van der Waals surface area contributed by atoms with Crippen LogP contribution in [0.3, 0.4) is 0 Å². The van der Waals surface area contributed by atoms with E-state index in [0.717, 1.165) is 69.3 Å². The number of carbonyl (C=O) groups is 3. The molecule has 2 fully saturated rings. The summed E-state index contributed by atoms with van der Waals surface area (Å²) in [6, 6.07) is 21.5. The Morgan fingerprint density at radius 2 is 1.59 bits per heavy atom. The highest BCUT2D eigenvalue weighted by molar-refractivity contribution is 8.19. The van der Waals surface area contributed by atoms with Gasteiger partial charge in [-0.15, -0.1) is 0 Å². The van der Waals surface area contributed by atoms with Gasteiger partial charge in [-0.2, -0.15) is 0 Å². The molecule has 9 nitrogen and oxygen atoms in total. The van der Waals surface area contributed by atoms with Crippen LogP contribution in [0.5, 0.6) is 17.2 Å². The maximum Gasteiger partial charge on any atom is 0.298 e. The number of amides is 3. The number of benzene rings is 3. The minimum Gasteiger partial charge on any atom is -0.494 e. The van der Waals surface area contributed by atoms with Crippen LogP contribution in [0.15, 0.2) is 77.7 Å². The standard InChI is InChI=1S/C34H38N4O5S/c1-25(39)35-27-11-15-30(16-12-27)43-29-13-9-26(10-14-29)23-32-33(40)38(34(41)44-32)28-7-6-8-31(24-28)42-22-5-3-4-17-37-20-18-36(2)19-21-37/h6-16,23-24H,3-5,17-22H2,1-2H3,(H,35,39). The molecule has 2 saturated heterocycles. The molecule has 2 aliphatic heterocycles. The van der Waals surface area contributed by atoms with E-state index in [9.17, 15) is 14.4 Å². The molecule has 3 amide bonds. The predicted molar refractivity (Wildman–Crippen MR) is 175 cm³/mol. The van der Waals surface area contributed by atoms with Gasteiger partial charge < -0.3 is 24.6 Å². The summed E-state index contributed by atoms with van der Waals surface area (Å²) in [4.78, 5) is 43.7. The van der Waals surface area contributed by atoms with Crippen LogP contribution in [0.1, 0.15) is 31.7 Å². The maximum atomic E-state index is 13.2. The van der Waals surface area contributed by atoms with Crippen molar-refractivity contribution in [3.05, 3.63) is 83.3 Å². The van der Waals surface area contributed by atoms with E-state index in [1.807, 2.05) is 18.2 Å². The zero-order chi connectivity index (χ0) is 30.9. The van der Waals surface area contributed by atoms with Crippen LogP contribution in [0.4, 0.5) is 16.2 Å². The lowest BCUT2D eigenvalue weighted by Gasteiger charge is -2.32. The normalized spacial score (nSPS) is 16.9. The zero-order valence-electron chi connectivity index (χ0n) is 25.2. The van der Waals surface area contributed by atoms with Crippen LogP contribution in [0, 0.1) is 0 Å². The Morgan fingerprint density at radius 3 is 2.30 bits per heavy atom. The molecule has 10 heteroatoms. The zero-order valence-corrected chi connectivity index (χ0v) is 26.0. The Kier molecular flexibility index (Phi) is 10.7. The number of piperazine rings is 1. The van der Waals surface area contributed by atoms with E-state index >= 15 is 0 Å². The predicted octanol–water partition coefficient (Wildman–Crippen LogP) is 6.47. The first-order valence-electron chi connectivity index (χ1n) is 14.9. The topological polar surface area (TPSA) is 91.4 Å². The van der Waals surface area contributed by atoms with Crippen molar-refractivity contribution in [2.75, 3.05) is 56.6 Å². The second kappa shape index (κ2) is 15.1. The fraction of sp³-hybridized carbons (Fsp3) is 0.324. The molecule has 5 rings (SSSR count). The number of nitrogens with one attached hydrogen (secondary N) is 1. The van der Waals surface area contributed by atoms with E-state index in [-0.39, 0.29) is 17.1 Å². The van der Waals surface area contributed by atoms with Crippen LogP contribution in [-0.4, -0.2) is 73.2 Å². The first-order valence-corrected chi connectivity index (χ1v) is 15.7. The molecule has 0 saturated carbocycles.